The molecule has 0 aliphatic heterocycles. The van der Waals surface area contributed by atoms with E-state index in [1.54, 1.807) is 6.26 Å². The van der Waals surface area contributed by atoms with Crippen molar-refractivity contribution in [3.63, 3.8) is 0 Å². The normalized spacial score (nSPS) is 17.2. The Balaban J connectivity index is 1.95. The summed E-state index contributed by atoms with van der Waals surface area (Å²) in [6.45, 7) is 0. The Kier molecular flexibility index (Phi) is 2.39. The summed E-state index contributed by atoms with van der Waals surface area (Å²) in [6, 6.07) is 7.91. The van der Waals surface area contributed by atoms with Crippen molar-refractivity contribution in [2.45, 2.75) is 25.2 Å². The van der Waals surface area contributed by atoms with E-state index in [-0.39, 0.29) is 12.3 Å². The molecule has 0 spiro atoms. The Morgan fingerprint density at radius 2 is 2.24 bits per heavy atom. The fourth-order valence-electron chi connectivity index (χ4n) is 2.46. The molecule has 0 amide bonds. The van der Waals surface area contributed by atoms with Gasteiger partial charge < -0.3 is 9.52 Å². The highest BCUT2D eigenvalue weighted by Gasteiger charge is 2.33. The van der Waals surface area contributed by atoms with Crippen LogP contribution >= 0.6 is 0 Å². The molecule has 2 aromatic rings. The maximum atomic E-state index is 10.9. The van der Waals surface area contributed by atoms with Crippen LogP contribution in [0.15, 0.2) is 34.9 Å². The van der Waals surface area contributed by atoms with E-state index in [1.807, 2.05) is 18.2 Å². The minimum atomic E-state index is -0.714. The van der Waals surface area contributed by atoms with Crippen LogP contribution in [0.5, 0.6) is 0 Å². The van der Waals surface area contributed by atoms with Gasteiger partial charge in [0, 0.05) is 5.39 Å². The van der Waals surface area contributed by atoms with Gasteiger partial charge in [0.1, 0.15) is 5.58 Å². The van der Waals surface area contributed by atoms with Crippen molar-refractivity contribution in [1.29, 1.82) is 0 Å². The number of carboxylic acid groups (broad SMARTS) is 1. The lowest BCUT2D eigenvalue weighted by Gasteiger charge is -2.14. The number of aliphatic carboxylic acids is 1. The van der Waals surface area contributed by atoms with Crippen LogP contribution in [0.25, 0.3) is 11.0 Å². The molecule has 1 aromatic carbocycles. The van der Waals surface area contributed by atoms with Gasteiger partial charge in [-0.25, -0.2) is 0 Å². The molecule has 1 aliphatic carbocycles. The van der Waals surface area contributed by atoms with Gasteiger partial charge >= 0.3 is 5.97 Å². The second-order valence-electron chi connectivity index (χ2n) is 4.76. The van der Waals surface area contributed by atoms with Crippen LogP contribution in [0, 0.1) is 5.92 Å². The molecule has 0 saturated heterocycles. The second kappa shape index (κ2) is 3.91. The van der Waals surface area contributed by atoms with Gasteiger partial charge in [-0.1, -0.05) is 6.07 Å². The fourth-order valence-corrected chi connectivity index (χ4v) is 2.46. The van der Waals surface area contributed by atoms with E-state index in [2.05, 4.69) is 6.07 Å². The highest BCUT2D eigenvalue weighted by molar-refractivity contribution is 5.78. The first kappa shape index (κ1) is 10.4. The predicted molar refractivity (Wildman–Crippen MR) is 63.9 cm³/mol. The van der Waals surface area contributed by atoms with Gasteiger partial charge in [0.05, 0.1) is 12.7 Å². The highest BCUT2D eigenvalue weighted by Crippen LogP contribution is 2.44. The summed E-state index contributed by atoms with van der Waals surface area (Å²) in [6.07, 6.45) is 4.20. The summed E-state index contributed by atoms with van der Waals surface area (Å²) in [7, 11) is 0. The molecule has 1 fully saturated rings. The zero-order valence-corrected chi connectivity index (χ0v) is 9.43. The molecule has 1 aromatic heterocycles. The lowest BCUT2D eigenvalue weighted by molar-refractivity contribution is -0.137. The number of carboxylic acids is 1. The Morgan fingerprint density at radius 1 is 1.41 bits per heavy atom. The summed E-state index contributed by atoms with van der Waals surface area (Å²) in [5.41, 5.74) is 1.99. The number of carbonyl (C=O) groups is 1. The quantitative estimate of drug-likeness (QED) is 0.875. The Labute approximate surface area is 99.0 Å². The predicted octanol–water partition coefficient (Wildman–Crippen LogP) is 3.40. The zero-order valence-electron chi connectivity index (χ0n) is 9.43. The maximum absolute atomic E-state index is 10.9. The third kappa shape index (κ3) is 2.05. The number of benzene rings is 1. The molecule has 1 N–H and O–H groups in total. The van der Waals surface area contributed by atoms with Crippen LogP contribution in [0.1, 0.15) is 30.7 Å². The maximum Gasteiger partial charge on any atom is 0.303 e. The van der Waals surface area contributed by atoms with Gasteiger partial charge in [0.25, 0.3) is 0 Å². The second-order valence-corrected chi connectivity index (χ2v) is 4.76. The molecule has 3 rings (SSSR count). The minimum absolute atomic E-state index is 0.159. The zero-order chi connectivity index (χ0) is 11.8. The fraction of sp³-hybridized carbons (Fsp3) is 0.357. The van der Waals surface area contributed by atoms with Gasteiger partial charge in [0.2, 0.25) is 0 Å². The summed E-state index contributed by atoms with van der Waals surface area (Å²) in [5, 5.41) is 10.0. The van der Waals surface area contributed by atoms with Crippen LogP contribution in [-0.4, -0.2) is 11.1 Å². The van der Waals surface area contributed by atoms with Gasteiger partial charge in [-0.05, 0) is 48.4 Å². The minimum Gasteiger partial charge on any atom is -0.481 e. The molecule has 88 valence electrons. The van der Waals surface area contributed by atoms with Crippen molar-refractivity contribution in [1.82, 2.24) is 0 Å². The Bertz CT molecular complexity index is 551. The average Bonchev–Trinajstić information content (AvgIpc) is 3.03. The first-order valence-corrected chi connectivity index (χ1v) is 5.93. The molecule has 0 radical (unpaired) electrons. The molecule has 1 atom stereocenters. The van der Waals surface area contributed by atoms with Crippen molar-refractivity contribution in [3.8, 4) is 0 Å². The molecule has 1 saturated carbocycles. The topological polar surface area (TPSA) is 50.4 Å². The number of hydrogen-bond donors (Lipinski definition) is 1. The number of furan rings is 1. The SMILES string of the molecule is O=C(O)CC(c1ccc2occc2c1)C1CC1. The first-order chi connectivity index (χ1) is 8.24. The molecule has 3 nitrogen and oxygen atoms in total. The molecule has 1 unspecified atom stereocenters. The van der Waals surface area contributed by atoms with Crippen LogP contribution in [0.3, 0.4) is 0 Å². The van der Waals surface area contributed by atoms with E-state index < -0.39 is 5.97 Å². The third-order valence-electron chi connectivity index (χ3n) is 3.49. The average molecular weight is 230 g/mol. The number of hydrogen-bond acceptors (Lipinski definition) is 2. The van der Waals surface area contributed by atoms with Crippen LogP contribution in [0.4, 0.5) is 0 Å². The van der Waals surface area contributed by atoms with Crippen LogP contribution < -0.4 is 0 Å². The van der Waals surface area contributed by atoms with E-state index in [0.717, 1.165) is 29.4 Å². The van der Waals surface area contributed by atoms with Gasteiger partial charge in [-0.2, -0.15) is 0 Å². The lowest BCUT2D eigenvalue weighted by atomic mass is 9.90. The molecule has 3 heteroatoms. The van der Waals surface area contributed by atoms with Crippen molar-refractivity contribution in [2.24, 2.45) is 5.92 Å². The third-order valence-corrected chi connectivity index (χ3v) is 3.49. The van der Waals surface area contributed by atoms with Gasteiger partial charge in [0.15, 0.2) is 0 Å². The van der Waals surface area contributed by atoms with E-state index in [0.29, 0.717) is 5.92 Å². The van der Waals surface area contributed by atoms with E-state index in [9.17, 15) is 4.79 Å². The first-order valence-electron chi connectivity index (χ1n) is 5.93. The number of fused-ring (bicyclic) bond motifs is 1. The highest BCUT2D eigenvalue weighted by atomic mass is 16.4. The largest absolute Gasteiger partial charge is 0.481 e. The van der Waals surface area contributed by atoms with Crippen LogP contribution in [-0.2, 0) is 4.79 Å². The molecule has 1 heterocycles. The molecular formula is C14H14O3. The summed E-state index contributed by atoms with van der Waals surface area (Å²) >= 11 is 0. The standard InChI is InChI=1S/C14H14O3/c15-14(16)8-12(9-1-2-9)10-3-4-13-11(7-10)5-6-17-13/h3-7,9,12H,1-2,8H2,(H,15,16). The van der Waals surface area contributed by atoms with Crippen LogP contribution in [0.2, 0.25) is 0 Å². The molecule has 17 heavy (non-hydrogen) atoms. The smallest absolute Gasteiger partial charge is 0.303 e. The molecular weight excluding hydrogens is 216 g/mol. The van der Waals surface area contributed by atoms with Gasteiger partial charge in [-0.3, -0.25) is 4.79 Å². The monoisotopic (exact) mass is 230 g/mol. The summed E-state index contributed by atoms with van der Waals surface area (Å²) in [5.74, 6) is -0.00329. The summed E-state index contributed by atoms with van der Waals surface area (Å²) < 4.78 is 5.29. The lowest BCUT2D eigenvalue weighted by Crippen LogP contribution is -2.08. The molecule has 1 aliphatic rings. The van der Waals surface area contributed by atoms with Crippen molar-refractivity contribution in [2.75, 3.05) is 0 Å². The van der Waals surface area contributed by atoms with E-state index in [1.165, 1.54) is 0 Å². The molecule has 0 bridgehead atoms. The van der Waals surface area contributed by atoms with Crippen molar-refractivity contribution in [3.05, 3.63) is 36.1 Å². The number of rotatable bonds is 4. The van der Waals surface area contributed by atoms with Crippen molar-refractivity contribution >= 4 is 16.9 Å². The van der Waals surface area contributed by atoms with E-state index >= 15 is 0 Å². The summed E-state index contributed by atoms with van der Waals surface area (Å²) in [4.78, 5) is 10.9. The van der Waals surface area contributed by atoms with E-state index in [4.69, 9.17) is 9.52 Å². The Morgan fingerprint density at radius 3 is 2.94 bits per heavy atom. The van der Waals surface area contributed by atoms with Gasteiger partial charge in [-0.15, -0.1) is 0 Å². The Hall–Kier alpha value is -1.77. The van der Waals surface area contributed by atoms with Crippen molar-refractivity contribution < 1.29 is 14.3 Å².